The number of halogens is 1. The molecule has 3 rings (SSSR count). The molecule has 1 aromatic heterocycles. The van der Waals surface area contributed by atoms with Crippen LogP contribution >= 0.6 is 11.6 Å². The molecule has 3 N–H and O–H groups in total. The van der Waals surface area contributed by atoms with Crippen LogP contribution in [0.25, 0.3) is 11.0 Å². The number of ether oxygens (including phenoxy) is 1. The van der Waals surface area contributed by atoms with E-state index < -0.39 is 0 Å². The standard InChI is InChI=1S/C18H18ClN3O2/c19-13-6-8-15-16(10-13)22-18(21-15)14(20)7-9-17(23)24-11-12-4-2-1-3-5-12/h1-6,8,10,14H,7,9,11,20H2,(H,21,22)/t14-/m0/s1. The minimum Gasteiger partial charge on any atom is -0.461 e. The van der Waals surface area contributed by atoms with Gasteiger partial charge in [0.1, 0.15) is 12.4 Å². The first-order valence-electron chi connectivity index (χ1n) is 7.72. The largest absolute Gasteiger partial charge is 0.461 e. The summed E-state index contributed by atoms with van der Waals surface area (Å²) in [6.07, 6.45) is 0.701. The minimum atomic E-state index is -0.361. The first-order valence-corrected chi connectivity index (χ1v) is 8.10. The van der Waals surface area contributed by atoms with Crippen LogP contribution in [-0.4, -0.2) is 15.9 Å². The number of H-pyrrole nitrogens is 1. The molecule has 0 saturated heterocycles. The SMILES string of the molecule is N[C@@H](CCC(=O)OCc1ccccc1)c1nc2ccc(Cl)cc2[nH]1. The molecule has 2 aromatic carbocycles. The lowest BCUT2D eigenvalue weighted by Crippen LogP contribution is -2.15. The second kappa shape index (κ2) is 7.47. The molecule has 1 heterocycles. The summed E-state index contributed by atoms with van der Waals surface area (Å²) >= 11 is 5.96. The third-order valence-corrected chi connectivity index (χ3v) is 3.95. The summed E-state index contributed by atoms with van der Waals surface area (Å²) < 4.78 is 5.25. The van der Waals surface area contributed by atoms with Crippen LogP contribution in [0.15, 0.2) is 48.5 Å². The monoisotopic (exact) mass is 343 g/mol. The van der Waals surface area contributed by atoms with Gasteiger partial charge >= 0.3 is 5.97 Å². The molecular formula is C18H18ClN3O2. The van der Waals surface area contributed by atoms with Crippen LogP contribution in [0.1, 0.15) is 30.3 Å². The topological polar surface area (TPSA) is 81.0 Å². The van der Waals surface area contributed by atoms with Crippen molar-refractivity contribution < 1.29 is 9.53 Å². The summed E-state index contributed by atoms with van der Waals surface area (Å²) in [4.78, 5) is 19.4. The summed E-state index contributed by atoms with van der Waals surface area (Å²) in [5.74, 6) is 0.372. The number of aromatic nitrogens is 2. The van der Waals surface area contributed by atoms with Crippen LogP contribution in [0.5, 0.6) is 0 Å². The maximum Gasteiger partial charge on any atom is 0.306 e. The Bertz CT molecular complexity index is 833. The highest BCUT2D eigenvalue weighted by molar-refractivity contribution is 6.31. The molecule has 0 saturated carbocycles. The molecule has 5 nitrogen and oxygen atoms in total. The van der Waals surface area contributed by atoms with E-state index in [-0.39, 0.29) is 25.0 Å². The van der Waals surface area contributed by atoms with Crippen LogP contribution in [0.2, 0.25) is 5.02 Å². The van der Waals surface area contributed by atoms with E-state index in [1.807, 2.05) is 36.4 Å². The van der Waals surface area contributed by atoms with Crippen molar-refractivity contribution in [3.63, 3.8) is 0 Å². The van der Waals surface area contributed by atoms with E-state index >= 15 is 0 Å². The predicted molar refractivity (Wildman–Crippen MR) is 93.5 cm³/mol. The molecule has 0 aliphatic heterocycles. The van der Waals surface area contributed by atoms with Gasteiger partial charge in [0.05, 0.1) is 17.1 Å². The lowest BCUT2D eigenvalue weighted by molar-refractivity contribution is -0.145. The highest BCUT2D eigenvalue weighted by Crippen LogP contribution is 2.21. The molecule has 0 unspecified atom stereocenters. The Kier molecular flexibility index (Phi) is 5.13. The first kappa shape index (κ1) is 16.5. The molecule has 0 amide bonds. The van der Waals surface area contributed by atoms with Gasteiger partial charge in [0.2, 0.25) is 0 Å². The Morgan fingerprint density at radius 2 is 2.04 bits per heavy atom. The number of rotatable bonds is 6. The Morgan fingerprint density at radius 3 is 2.83 bits per heavy atom. The van der Waals surface area contributed by atoms with E-state index in [9.17, 15) is 4.79 Å². The first-order chi connectivity index (χ1) is 11.6. The molecule has 0 aliphatic rings. The van der Waals surface area contributed by atoms with Crippen LogP contribution < -0.4 is 5.73 Å². The number of benzene rings is 2. The van der Waals surface area contributed by atoms with Gasteiger partial charge in [-0.3, -0.25) is 4.79 Å². The lowest BCUT2D eigenvalue weighted by atomic mass is 10.1. The second-order valence-corrected chi connectivity index (χ2v) is 6.01. The molecule has 3 aromatic rings. The Balaban J connectivity index is 1.52. The Hall–Kier alpha value is -2.37. The average molecular weight is 344 g/mol. The molecule has 124 valence electrons. The van der Waals surface area contributed by atoms with Gasteiger partial charge in [0.25, 0.3) is 0 Å². The molecule has 0 spiro atoms. The number of nitrogens with two attached hydrogens (primary N) is 1. The van der Waals surface area contributed by atoms with Crippen molar-refractivity contribution in [3.8, 4) is 0 Å². The molecule has 0 radical (unpaired) electrons. The van der Waals surface area contributed by atoms with Gasteiger partial charge in [-0.2, -0.15) is 0 Å². The van der Waals surface area contributed by atoms with Gasteiger partial charge in [-0.25, -0.2) is 4.98 Å². The highest BCUT2D eigenvalue weighted by atomic mass is 35.5. The van der Waals surface area contributed by atoms with Crippen molar-refractivity contribution in [1.82, 2.24) is 9.97 Å². The van der Waals surface area contributed by atoms with Crippen molar-refractivity contribution in [2.24, 2.45) is 5.73 Å². The van der Waals surface area contributed by atoms with Crippen LogP contribution in [0.4, 0.5) is 0 Å². The van der Waals surface area contributed by atoms with Crippen LogP contribution in [0.3, 0.4) is 0 Å². The smallest absolute Gasteiger partial charge is 0.306 e. The number of hydrogen-bond donors (Lipinski definition) is 2. The van der Waals surface area contributed by atoms with Crippen LogP contribution in [0, 0.1) is 0 Å². The van der Waals surface area contributed by atoms with E-state index in [4.69, 9.17) is 22.1 Å². The van der Waals surface area contributed by atoms with E-state index in [2.05, 4.69) is 9.97 Å². The van der Waals surface area contributed by atoms with Gasteiger partial charge in [-0.05, 0) is 30.2 Å². The van der Waals surface area contributed by atoms with Crippen molar-refractivity contribution >= 4 is 28.6 Å². The number of nitrogens with one attached hydrogen (secondary N) is 1. The third kappa shape index (κ3) is 4.13. The van der Waals surface area contributed by atoms with Gasteiger partial charge in [0, 0.05) is 11.4 Å². The zero-order valence-electron chi connectivity index (χ0n) is 13.0. The fourth-order valence-electron chi connectivity index (χ4n) is 2.40. The minimum absolute atomic E-state index is 0.242. The Labute approximate surface area is 144 Å². The van der Waals surface area contributed by atoms with Gasteiger partial charge in [0.15, 0.2) is 0 Å². The van der Waals surface area contributed by atoms with Crippen molar-refractivity contribution in [1.29, 1.82) is 0 Å². The second-order valence-electron chi connectivity index (χ2n) is 5.57. The maximum absolute atomic E-state index is 11.8. The predicted octanol–water partition coefficient (Wildman–Crippen LogP) is 3.74. The number of carbonyl (C=O) groups excluding carboxylic acids is 1. The fraction of sp³-hybridized carbons (Fsp3) is 0.222. The average Bonchev–Trinajstić information content (AvgIpc) is 3.02. The van der Waals surface area contributed by atoms with Gasteiger partial charge in [-0.15, -0.1) is 0 Å². The maximum atomic E-state index is 11.8. The number of carbonyl (C=O) groups is 1. The number of imidazole rings is 1. The van der Waals surface area contributed by atoms with E-state index in [1.165, 1.54) is 0 Å². The summed E-state index contributed by atoms with van der Waals surface area (Å²) in [7, 11) is 0. The van der Waals surface area contributed by atoms with Gasteiger partial charge < -0.3 is 15.5 Å². The lowest BCUT2D eigenvalue weighted by Gasteiger charge is -2.09. The van der Waals surface area contributed by atoms with E-state index in [0.29, 0.717) is 17.3 Å². The number of aromatic amines is 1. The fourth-order valence-corrected chi connectivity index (χ4v) is 2.57. The normalized spacial score (nSPS) is 12.2. The molecular weight excluding hydrogens is 326 g/mol. The molecule has 6 heteroatoms. The zero-order chi connectivity index (χ0) is 16.9. The molecule has 24 heavy (non-hydrogen) atoms. The van der Waals surface area contributed by atoms with Crippen molar-refractivity contribution in [2.75, 3.05) is 0 Å². The number of esters is 1. The van der Waals surface area contributed by atoms with Crippen LogP contribution in [-0.2, 0) is 16.1 Å². The third-order valence-electron chi connectivity index (χ3n) is 3.72. The summed E-state index contributed by atoms with van der Waals surface area (Å²) in [6, 6.07) is 14.6. The molecule has 0 bridgehead atoms. The molecule has 1 atom stereocenters. The Morgan fingerprint density at radius 1 is 1.25 bits per heavy atom. The number of hydrogen-bond acceptors (Lipinski definition) is 4. The highest BCUT2D eigenvalue weighted by Gasteiger charge is 2.14. The summed E-state index contributed by atoms with van der Waals surface area (Å²) in [5, 5.41) is 0.635. The number of fused-ring (bicyclic) bond motifs is 1. The molecule has 0 aliphatic carbocycles. The van der Waals surface area contributed by atoms with E-state index in [1.54, 1.807) is 12.1 Å². The number of nitrogens with zero attached hydrogens (tertiary/aromatic N) is 1. The summed E-state index contributed by atoms with van der Waals surface area (Å²) in [5.41, 5.74) is 8.72. The summed E-state index contributed by atoms with van der Waals surface area (Å²) in [6.45, 7) is 0.276. The van der Waals surface area contributed by atoms with Crippen molar-refractivity contribution in [3.05, 3.63) is 64.9 Å². The van der Waals surface area contributed by atoms with Gasteiger partial charge in [-0.1, -0.05) is 41.9 Å². The quantitative estimate of drug-likeness (QED) is 0.668. The van der Waals surface area contributed by atoms with Crippen molar-refractivity contribution in [2.45, 2.75) is 25.5 Å². The zero-order valence-corrected chi connectivity index (χ0v) is 13.8. The van der Waals surface area contributed by atoms with E-state index in [0.717, 1.165) is 16.6 Å². The molecule has 0 fully saturated rings.